The molecule has 0 aromatic carbocycles. The molecular weight excluding hydrogens is 294 g/mol. The number of aromatic nitrogens is 1. The van der Waals surface area contributed by atoms with E-state index < -0.39 is 0 Å². The average molecular weight is 314 g/mol. The molecule has 18 heavy (non-hydrogen) atoms. The van der Waals surface area contributed by atoms with E-state index in [9.17, 15) is 4.79 Å². The van der Waals surface area contributed by atoms with Gasteiger partial charge in [-0.3, -0.25) is 4.79 Å². The van der Waals surface area contributed by atoms with Crippen LogP contribution in [-0.4, -0.2) is 53.5 Å². The first-order valence-electron chi connectivity index (χ1n) is 6.45. The predicted molar refractivity (Wildman–Crippen MR) is 75.8 cm³/mol. The Hall–Kier alpha value is -0.810. The second-order valence-corrected chi connectivity index (χ2v) is 5.75. The third-order valence-electron chi connectivity index (χ3n) is 3.34. The number of carbonyl (C=O) groups is 1. The van der Waals surface area contributed by atoms with Crippen molar-refractivity contribution in [3.05, 3.63) is 22.4 Å². The van der Waals surface area contributed by atoms with Gasteiger partial charge in [0, 0.05) is 43.4 Å². The van der Waals surface area contributed by atoms with Crippen molar-refractivity contribution >= 4 is 21.8 Å². The van der Waals surface area contributed by atoms with Crippen LogP contribution in [0.3, 0.4) is 0 Å². The third-order valence-corrected chi connectivity index (χ3v) is 3.77. The van der Waals surface area contributed by atoms with Crippen LogP contribution < -0.4 is 0 Å². The lowest BCUT2D eigenvalue weighted by Gasteiger charge is -2.32. The number of nitrogens with zero attached hydrogens (tertiary/aromatic N) is 3. The highest BCUT2D eigenvalue weighted by Crippen LogP contribution is 2.18. The molecule has 2 rings (SSSR count). The van der Waals surface area contributed by atoms with E-state index >= 15 is 0 Å². The van der Waals surface area contributed by atoms with Crippen LogP contribution in [0, 0.1) is 0 Å². The number of hydrogen-bond acceptors (Lipinski definition) is 2. The van der Waals surface area contributed by atoms with E-state index in [0.717, 1.165) is 49.3 Å². The van der Waals surface area contributed by atoms with Crippen molar-refractivity contribution in [3.63, 3.8) is 0 Å². The number of aryl methyl sites for hydroxylation is 1. The number of halogens is 1. The molecule has 0 atom stereocenters. The summed E-state index contributed by atoms with van der Waals surface area (Å²) in [6, 6.07) is 1.93. The molecule has 1 aliphatic heterocycles. The zero-order chi connectivity index (χ0) is 13.1. The summed E-state index contributed by atoms with van der Waals surface area (Å²) in [5.74, 6) is 0.155. The van der Waals surface area contributed by atoms with Crippen molar-refractivity contribution in [3.8, 4) is 0 Å². The molecule has 1 aromatic heterocycles. The summed E-state index contributed by atoms with van der Waals surface area (Å²) in [5.41, 5.74) is 0.799. The molecule has 0 radical (unpaired) electrons. The molecule has 100 valence electrons. The predicted octanol–water partition coefficient (Wildman–Crippen LogP) is 2.05. The molecule has 4 nitrogen and oxygen atoms in total. The minimum absolute atomic E-state index is 0.155. The third kappa shape index (κ3) is 2.95. The van der Waals surface area contributed by atoms with Gasteiger partial charge in [-0.05, 0) is 35.5 Å². The number of carbonyl (C=O) groups excluding carboxylic acids is 1. The van der Waals surface area contributed by atoms with Gasteiger partial charge in [0.1, 0.15) is 5.69 Å². The van der Waals surface area contributed by atoms with Gasteiger partial charge in [0.05, 0.1) is 0 Å². The van der Waals surface area contributed by atoms with Crippen LogP contribution in [0.25, 0.3) is 0 Å². The lowest BCUT2D eigenvalue weighted by molar-refractivity contribution is 0.0653. The fraction of sp³-hybridized carbons (Fsp3) is 0.615. The number of hydrogen-bond donors (Lipinski definition) is 0. The number of rotatable bonds is 3. The topological polar surface area (TPSA) is 28.5 Å². The molecule has 0 aliphatic carbocycles. The van der Waals surface area contributed by atoms with Crippen molar-refractivity contribution in [1.29, 1.82) is 0 Å². The summed E-state index contributed by atoms with van der Waals surface area (Å²) in [5, 5.41) is 0. The molecule has 0 N–H and O–H groups in total. The summed E-state index contributed by atoms with van der Waals surface area (Å²) in [6.45, 7) is 6.58. The smallest absolute Gasteiger partial charge is 0.270 e. The summed E-state index contributed by atoms with van der Waals surface area (Å²) < 4.78 is 3.03. The largest absolute Gasteiger partial charge is 0.342 e. The van der Waals surface area contributed by atoms with Gasteiger partial charge in [-0.2, -0.15) is 0 Å². The van der Waals surface area contributed by atoms with Crippen LogP contribution >= 0.6 is 15.9 Å². The van der Waals surface area contributed by atoms with Crippen LogP contribution in [0.15, 0.2) is 16.7 Å². The van der Waals surface area contributed by atoms with Crippen LogP contribution in [0.1, 0.15) is 23.8 Å². The van der Waals surface area contributed by atoms with E-state index in [1.54, 1.807) is 0 Å². The Kier molecular flexibility index (Phi) is 4.45. The normalized spacial score (nSPS) is 17.2. The Balaban J connectivity index is 2.12. The maximum Gasteiger partial charge on any atom is 0.270 e. The Bertz CT molecular complexity index is 422. The van der Waals surface area contributed by atoms with Crippen molar-refractivity contribution in [1.82, 2.24) is 14.4 Å². The van der Waals surface area contributed by atoms with E-state index in [-0.39, 0.29) is 5.91 Å². The van der Waals surface area contributed by atoms with Crippen LogP contribution in [0.2, 0.25) is 0 Å². The quantitative estimate of drug-likeness (QED) is 0.854. The number of piperazine rings is 1. The molecule has 0 bridgehead atoms. The van der Waals surface area contributed by atoms with Gasteiger partial charge in [0.15, 0.2) is 0 Å². The summed E-state index contributed by atoms with van der Waals surface area (Å²) in [4.78, 5) is 16.7. The second-order valence-electron chi connectivity index (χ2n) is 4.83. The summed E-state index contributed by atoms with van der Waals surface area (Å²) in [6.07, 6.45) is 3.02. The minimum Gasteiger partial charge on any atom is -0.342 e. The maximum atomic E-state index is 12.5. The number of likely N-dealkylation sites (N-methyl/N-ethyl adjacent to an activating group) is 1. The Morgan fingerprint density at radius 2 is 2.00 bits per heavy atom. The molecule has 0 unspecified atom stereocenters. The minimum atomic E-state index is 0.155. The van der Waals surface area contributed by atoms with E-state index in [1.165, 1.54) is 0 Å². The van der Waals surface area contributed by atoms with Gasteiger partial charge in [-0.15, -0.1) is 0 Å². The molecule has 1 aromatic rings. The fourth-order valence-electron chi connectivity index (χ4n) is 2.25. The van der Waals surface area contributed by atoms with E-state index in [4.69, 9.17) is 0 Å². The lowest BCUT2D eigenvalue weighted by Crippen LogP contribution is -2.47. The monoisotopic (exact) mass is 313 g/mol. The van der Waals surface area contributed by atoms with Gasteiger partial charge >= 0.3 is 0 Å². The standard InChI is InChI=1S/C13H20BrN3O/c1-3-4-17-10-11(14)9-12(17)13(18)16-7-5-15(2)6-8-16/h9-10H,3-8H2,1-2H3. The van der Waals surface area contributed by atoms with Gasteiger partial charge in [0.25, 0.3) is 5.91 Å². The highest BCUT2D eigenvalue weighted by atomic mass is 79.9. The first kappa shape index (κ1) is 13.6. The van der Waals surface area contributed by atoms with Gasteiger partial charge in [-0.1, -0.05) is 6.92 Å². The molecule has 0 saturated carbocycles. The Morgan fingerprint density at radius 1 is 1.33 bits per heavy atom. The highest BCUT2D eigenvalue weighted by Gasteiger charge is 2.22. The first-order chi connectivity index (χ1) is 8.61. The van der Waals surface area contributed by atoms with Crippen molar-refractivity contribution in [2.24, 2.45) is 0 Å². The molecule has 1 fully saturated rings. The molecule has 1 aliphatic rings. The highest BCUT2D eigenvalue weighted by molar-refractivity contribution is 9.10. The SMILES string of the molecule is CCCn1cc(Br)cc1C(=O)N1CCN(C)CC1. The fourth-order valence-corrected chi connectivity index (χ4v) is 2.72. The zero-order valence-electron chi connectivity index (χ0n) is 11.0. The number of amides is 1. The molecule has 2 heterocycles. The van der Waals surface area contributed by atoms with E-state index in [2.05, 4.69) is 34.8 Å². The van der Waals surface area contributed by atoms with Crippen molar-refractivity contribution < 1.29 is 4.79 Å². The van der Waals surface area contributed by atoms with Crippen LogP contribution in [0.4, 0.5) is 0 Å². The van der Waals surface area contributed by atoms with Crippen LogP contribution in [-0.2, 0) is 6.54 Å². The van der Waals surface area contributed by atoms with Gasteiger partial charge < -0.3 is 14.4 Å². The van der Waals surface area contributed by atoms with Crippen LogP contribution in [0.5, 0.6) is 0 Å². The Labute approximate surface area is 117 Å². The molecular formula is C13H20BrN3O. The second kappa shape index (κ2) is 5.89. The van der Waals surface area contributed by atoms with E-state index in [1.807, 2.05) is 21.7 Å². The summed E-state index contributed by atoms with van der Waals surface area (Å²) >= 11 is 3.46. The van der Waals surface area contributed by atoms with Gasteiger partial charge in [-0.25, -0.2) is 0 Å². The van der Waals surface area contributed by atoms with Crippen molar-refractivity contribution in [2.45, 2.75) is 19.9 Å². The van der Waals surface area contributed by atoms with E-state index in [0.29, 0.717) is 0 Å². The average Bonchev–Trinajstić information content (AvgIpc) is 2.71. The lowest BCUT2D eigenvalue weighted by atomic mass is 10.3. The Morgan fingerprint density at radius 3 is 2.61 bits per heavy atom. The molecule has 1 saturated heterocycles. The maximum absolute atomic E-state index is 12.5. The molecule has 0 spiro atoms. The molecule has 5 heteroatoms. The van der Waals surface area contributed by atoms with Crippen molar-refractivity contribution in [2.75, 3.05) is 33.2 Å². The zero-order valence-corrected chi connectivity index (χ0v) is 12.6. The summed E-state index contributed by atoms with van der Waals surface area (Å²) in [7, 11) is 2.10. The molecule has 1 amide bonds. The first-order valence-corrected chi connectivity index (χ1v) is 7.24. The van der Waals surface area contributed by atoms with Gasteiger partial charge in [0.2, 0.25) is 0 Å².